The summed E-state index contributed by atoms with van der Waals surface area (Å²) in [7, 11) is 0. The first-order valence-corrected chi connectivity index (χ1v) is 6.97. The summed E-state index contributed by atoms with van der Waals surface area (Å²) < 4.78 is 0. The molecule has 0 fully saturated rings. The molecule has 0 bridgehead atoms. The van der Waals surface area contributed by atoms with Gasteiger partial charge in [0.2, 0.25) is 0 Å². The van der Waals surface area contributed by atoms with Crippen LogP contribution in [0.2, 0.25) is 0 Å². The van der Waals surface area contributed by atoms with E-state index >= 15 is 0 Å². The second-order valence-electron chi connectivity index (χ2n) is 4.25. The Morgan fingerprint density at radius 3 is 2.47 bits per heavy atom. The number of benzene rings is 1. The van der Waals surface area contributed by atoms with Gasteiger partial charge in [-0.3, -0.25) is 0 Å². The Kier molecular flexibility index (Phi) is 3.29. The molecular formula is C14H14N4S. The number of nitrogens with zero attached hydrogens (tertiary/aromatic N) is 3. The fraction of sp³-hybridized carbons (Fsp3) is 0.143. The molecule has 4 nitrogen and oxygen atoms in total. The zero-order valence-electron chi connectivity index (χ0n) is 10.5. The number of thiophene rings is 1. The predicted octanol–water partition coefficient (Wildman–Crippen LogP) is 3.50. The van der Waals surface area contributed by atoms with Crippen molar-refractivity contribution < 1.29 is 0 Å². The van der Waals surface area contributed by atoms with Crippen molar-refractivity contribution in [1.82, 2.24) is 15.0 Å². The van der Waals surface area contributed by atoms with E-state index in [1.807, 2.05) is 24.3 Å². The predicted molar refractivity (Wildman–Crippen MR) is 77.7 cm³/mol. The molecule has 96 valence electrons. The molecule has 0 aliphatic carbocycles. The Hall–Kier alpha value is -2.14. The van der Waals surface area contributed by atoms with Crippen LogP contribution < -0.4 is 5.32 Å². The summed E-state index contributed by atoms with van der Waals surface area (Å²) in [5.74, 6) is 0. The highest BCUT2D eigenvalue weighted by Gasteiger charge is 2.06. The van der Waals surface area contributed by atoms with Crippen molar-refractivity contribution in [3.8, 4) is 5.69 Å². The van der Waals surface area contributed by atoms with E-state index in [-0.39, 0.29) is 0 Å². The highest BCUT2D eigenvalue weighted by molar-refractivity contribution is 7.10. The molecule has 1 unspecified atom stereocenters. The van der Waals surface area contributed by atoms with E-state index in [9.17, 15) is 0 Å². The molecule has 2 heterocycles. The quantitative estimate of drug-likeness (QED) is 0.789. The molecule has 3 rings (SSSR count). The first kappa shape index (κ1) is 11.9. The minimum absolute atomic E-state index is 0.314. The Labute approximate surface area is 115 Å². The average Bonchev–Trinajstić information content (AvgIpc) is 3.13. The van der Waals surface area contributed by atoms with Crippen molar-refractivity contribution in [2.75, 3.05) is 5.32 Å². The number of rotatable bonds is 4. The van der Waals surface area contributed by atoms with E-state index in [0.29, 0.717) is 6.04 Å². The van der Waals surface area contributed by atoms with E-state index in [0.717, 1.165) is 11.4 Å². The lowest BCUT2D eigenvalue weighted by atomic mass is 10.2. The maximum absolute atomic E-state index is 4.10. The summed E-state index contributed by atoms with van der Waals surface area (Å²) in [6.45, 7) is 2.16. The van der Waals surface area contributed by atoms with E-state index in [1.165, 1.54) is 4.88 Å². The van der Waals surface area contributed by atoms with Crippen LogP contribution in [0.5, 0.6) is 0 Å². The summed E-state index contributed by atoms with van der Waals surface area (Å²) in [5.41, 5.74) is 2.05. The Morgan fingerprint density at radius 1 is 1.11 bits per heavy atom. The fourth-order valence-electron chi connectivity index (χ4n) is 1.90. The lowest BCUT2D eigenvalue weighted by molar-refractivity contribution is 0.752. The van der Waals surface area contributed by atoms with Crippen LogP contribution in [0.15, 0.2) is 54.2 Å². The van der Waals surface area contributed by atoms with Gasteiger partial charge in [-0.2, -0.15) is 15.0 Å². The van der Waals surface area contributed by atoms with Gasteiger partial charge in [0.25, 0.3) is 0 Å². The molecule has 1 aromatic carbocycles. The first-order valence-electron chi connectivity index (χ1n) is 6.09. The molecule has 2 aromatic heterocycles. The van der Waals surface area contributed by atoms with Crippen molar-refractivity contribution >= 4 is 17.0 Å². The standard InChI is InChI=1S/C14H14N4S/c1-11(14-3-2-10-19-14)17-12-4-6-13(7-5-12)18-15-8-9-16-18/h2-11,17H,1H3. The Morgan fingerprint density at radius 2 is 1.84 bits per heavy atom. The first-order chi connectivity index (χ1) is 9.33. The molecule has 5 heteroatoms. The van der Waals surface area contributed by atoms with Crippen LogP contribution in [0, 0.1) is 0 Å². The third-order valence-electron chi connectivity index (χ3n) is 2.87. The van der Waals surface area contributed by atoms with Gasteiger partial charge in [0.05, 0.1) is 24.1 Å². The largest absolute Gasteiger partial charge is 0.378 e. The minimum atomic E-state index is 0.314. The van der Waals surface area contributed by atoms with E-state index in [2.05, 4.69) is 40.0 Å². The van der Waals surface area contributed by atoms with E-state index in [4.69, 9.17) is 0 Å². The number of aromatic nitrogens is 3. The fourth-order valence-corrected chi connectivity index (χ4v) is 2.63. The molecule has 0 amide bonds. The highest BCUT2D eigenvalue weighted by atomic mass is 32.1. The molecule has 0 radical (unpaired) electrons. The third kappa shape index (κ3) is 2.66. The minimum Gasteiger partial charge on any atom is -0.378 e. The van der Waals surface area contributed by atoms with Gasteiger partial charge >= 0.3 is 0 Å². The van der Waals surface area contributed by atoms with Gasteiger partial charge in [-0.1, -0.05) is 6.07 Å². The number of anilines is 1. The van der Waals surface area contributed by atoms with Crippen LogP contribution in [0.3, 0.4) is 0 Å². The monoisotopic (exact) mass is 270 g/mol. The molecule has 0 aliphatic heterocycles. The molecule has 0 saturated carbocycles. The van der Waals surface area contributed by atoms with Crippen LogP contribution in [0.25, 0.3) is 5.69 Å². The van der Waals surface area contributed by atoms with Crippen LogP contribution in [-0.4, -0.2) is 15.0 Å². The lowest BCUT2D eigenvalue weighted by Gasteiger charge is -2.13. The van der Waals surface area contributed by atoms with Crippen LogP contribution >= 0.6 is 11.3 Å². The molecule has 0 saturated heterocycles. The van der Waals surface area contributed by atoms with Gasteiger partial charge in [0.15, 0.2) is 0 Å². The summed E-state index contributed by atoms with van der Waals surface area (Å²) in [4.78, 5) is 2.93. The van der Waals surface area contributed by atoms with Crippen molar-refractivity contribution in [3.63, 3.8) is 0 Å². The topological polar surface area (TPSA) is 42.7 Å². The van der Waals surface area contributed by atoms with Gasteiger partial charge in [-0.25, -0.2) is 0 Å². The van der Waals surface area contributed by atoms with Crippen molar-refractivity contribution in [2.24, 2.45) is 0 Å². The Balaban J connectivity index is 1.73. The Bertz CT molecular complexity index is 614. The van der Waals surface area contributed by atoms with Gasteiger partial charge < -0.3 is 5.32 Å². The molecule has 0 aliphatic rings. The number of hydrogen-bond acceptors (Lipinski definition) is 4. The molecule has 19 heavy (non-hydrogen) atoms. The van der Waals surface area contributed by atoms with Crippen molar-refractivity contribution in [2.45, 2.75) is 13.0 Å². The normalized spacial score (nSPS) is 12.3. The van der Waals surface area contributed by atoms with Gasteiger partial charge in [-0.05, 0) is 42.6 Å². The number of nitrogens with one attached hydrogen (secondary N) is 1. The van der Waals surface area contributed by atoms with Gasteiger partial charge in [0, 0.05) is 10.6 Å². The lowest BCUT2D eigenvalue weighted by Crippen LogP contribution is -2.05. The molecular weight excluding hydrogens is 256 g/mol. The number of hydrogen-bond donors (Lipinski definition) is 1. The van der Waals surface area contributed by atoms with E-state index < -0.39 is 0 Å². The average molecular weight is 270 g/mol. The van der Waals surface area contributed by atoms with Crippen molar-refractivity contribution in [3.05, 3.63) is 59.0 Å². The SMILES string of the molecule is CC(Nc1ccc(-n2nccn2)cc1)c1cccs1. The second kappa shape index (κ2) is 5.24. The highest BCUT2D eigenvalue weighted by Crippen LogP contribution is 2.23. The zero-order valence-corrected chi connectivity index (χ0v) is 11.3. The molecule has 1 atom stereocenters. The van der Waals surface area contributed by atoms with Crippen LogP contribution in [0.4, 0.5) is 5.69 Å². The van der Waals surface area contributed by atoms with Crippen molar-refractivity contribution in [1.29, 1.82) is 0 Å². The molecule has 0 spiro atoms. The van der Waals surface area contributed by atoms with Crippen LogP contribution in [0.1, 0.15) is 17.8 Å². The summed E-state index contributed by atoms with van der Waals surface area (Å²) >= 11 is 1.76. The maximum Gasteiger partial charge on any atom is 0.0858 e. The summed E-state index contributed by atoms with van der Waals surface area (Å²) in [5, 5.41) is 13.8. The van der Waals surface area contributed by atoms with Gasteiger partial charge in [0.1, 0.15) is 0 Å². The van der Waals surface area contributed by atoms with Gasteiger partial charge in [-0.15, -0.1) is 11.3 Å². The maximum atomic E-state index is 4.10. The summed E-state index contributed by atoms with van der Waals surface area (Å²) in [6.07, 6.45) is 3.34. The smallest absolute Gasteiger partial charge is 0.0858 e. The second-order valence-corrected chi connectivity index (χ2v) is 5.23. The molecule has 3 aromatic rings. The van der Waals surface area contributed by atoms with E-state index in [1.54, 1.807) is 28.5 Å². The zero-order chi connectivity index (χ0) is 13.1. The molecule has 1 N–H and O–H groups in total. The summed E-state index contributed by atoms with van der Waals surface area (Å²) in [6, 6.07) is 12.6. The third-order valence-corrected chi connectivity index (χ3v) is 3.93. The van der Waals surface area contributed by atoms with Crippen LogP contribution in [-0.2, 0) is 0 Å².